The molecule has 0 aliphatic heterocycles. The van der Waals surface area contributed by atoms with E-state index in [0.717, 1.165) is 0 Å². The van der Waals surface area contributed by atoms with E-state index in [9.17, 15) is 4.79 Å². The molecule has 0 radical (unpaired) electrons. The first kappa shape index (κ1) is 13.4. The Kier molecular flexibility index (Phi) is 5.08. The molecule has 1 amide bonds. The van der Waals surface area contributed by atoms with Gasteiger partial charge in [0.1, 0.15) is 0 Å². The zero-order valence-corrected chi connectivity index (χ0v) is 9.50. The maximum Gasteiger partial charge on any atom is 0.222 e. The van der Waals surface area contributed by atoms with Gasteiger partial charge in [-0.15, -0.1) is 0 Å². The molecule has 4 nitrogen and oxygen atoms in total. The molecule has 84 valence electrons. The highest BCUT2D eigenvalue weighted by Gasteiger charge is 2.21. The maximum atomic E-state index is 11.4. The minimum Gasteiger partial charge on any atom is -0.394 e. The first-order valence-electron chi connectivity index (χ1n) is 4.96. The Labute approximate surface area is 85.9 Å². The average Bonchev–Trinajstić information content (AvgIpc) is 2.02. The smallest absolute Gasteiger partial charge is 0.222 e. The van der Waals surface area contributed by atoms with Crippen LogP contribution in [0.2, 0.25) is 0 Å². The van der Waals surface area contributed by atoms with Crippen LogP contribution in [-0.2, 0) is 4.79 Å². The average molecular weight is 202 g/mol. The number of aliphatic hydroxyl groups is 1. The van der Waals surface area contributed by atoms with E-state index < -0.39 is 5.54 Å². The van der Waals surface area contributed by atoms with Gasteiger partial charge in [0, 0.05) is 12.5 Å². The molecule has 0 rings (SSSR count). The monoisotopic (exact) mass is 202 g/mol. The minimum absolute atomic E-state index is 0.0738. The summed E-state index contributed by atoms with van der Waals surface area (Å²) in [5, 5.41) is 11.7. The largest absolute Gasteiger partial charge is 0.394 e. The topological polar surface area (TPSA) is 75.4 Å². The van der Waals surface area contributed by atoms with Crippen LogP contribution in [-0.4, -0.2) is 29.2 Å². The highest BCUT2D eigenvalue weighted by atomic mass is 16.3. The third kappa shape index (κ3) is 5.19. The first-order valence-corrected chi connectivity index (χ1v) is 4.96. The van der Waals surface area contributed by atoms with Gasteiger partial charge in [0.15, 0.2) is 0 Å². The molecule has 0 aliphatic rings. The van der Waals surface area contributed by atoms with Crippen molar-refractivity contribution in [1.29, 1.82) is 0 Å². The molecule has 0 aromatic heterocycles. The van der Waals surface area contributed by atoms with E-state index in [2.05, 4.69) is 5.32 Å². The second-order valence-corrected chi connectivity index (χ2v) is 4.70. The van der Waals surface area contributed by atoms with E-state index in [-0.39, 0.29) is 24.5 Å². The Bertz CT molecular complexity index is 191. The molecule has 0 aromatic carbocycles. The van der Waals surface area contributed by atoms with Crippen molar-refractivity contribution in [3.63, 3.8) is 0 Å². The van der Waals surface area contributed by atoms with Crippen LogP contribution in [0.1, 0.15) is 34.1 Å². The third-order valence-electron chi connectivity index (χ3n) is 2.15. The van der Waals surface area contributed by atoms with E-state index in [0.29, 0.717) is 6.42 Å². The molecule has 4 N–H and O–H groups in total. The third-order valence-corrected chi connectivity index (χ3v) is 2.15. The summed E-state index contributed by atoms with van der Waals surface area (Å²) in [6.45, 7) is 7.43. The summed E-state index contributed by atoms with van der Waals surface area (Å²) >= 11 is 0. The molecule has 1 unspecified atom stereocenters. The summed E-state index contributed by atoms with van der Waals surface area (Å²) in [6.07, 6.45) is 0.307. The number of rotatable bonds is 5. The van der Waals surface area contributed by atoms with Crippen molar-refractivity contribution in [3.8, 4) is 0 Å². The van der Waals surface area contributed by atoms with Gasteiger partial charge in [-0.2, -0.15) is 0 Å². The van der Waals surface area contributed by atoms with Gasteiger partial charge in [-0.1, -0.05) is 13.8 Å². The number of carbonyl (C=O) groups is 1. The lowest BCUT2D eigenvalue weighted by Crippen LogP contribution is -2.48. The fourth-order valence-corrected chi connectivity index (χ4v) is 0.918. The summed E-state index contributed by atoms with van der Waals surface area (Å²) in [4.78, 5) is 11.4. The summed E-state index contributed by atoms with van der Waals surface area (Å²) in [6, 6.07) is -0.121. The van der Waals surface area contributed by atoms with Gasteiger partial charge in [0.25, 0.3) is 0 Å². The molecule has 0 aliphatic carbocycles. The Morgan fingerprint density at radius 1 is 1.50 bits per heavy atom. The van der Waals surface area contributed by atoms with Crippen molar-refractivity contribution >= 4 is 5.91 Å². The fraction of sp³-hybridized carbons (Fsp3) is 0.900. The molecule has 0 saturated carbocycles. The fourth-order valence-electron chi connectivity index (χ4n) is 0.918. The van der Waals surface area contributed by atoms with Crippen molar-refractivity contribution in [3.05, 3.63) is 0 Å². The zero-order chi connectivity index (χ0) is 11.4. The number of hydrogen-bond donors (Lipinski definition) is 3. The van der Waals surface area contributed by atoms with Crippen molar-refractivity contribution < 1.29 is 9.90 Å². The molecule has 4 heteroatoms. The molecule has 0 heterocycles. The Morgan fingerprint density at radius 3 is 2.36 bits per heavy atom. The normalized spacial score (nSPS) is 14.2. The summed E-state index contributed by atoms with van der Waals surface area (Å²) < 4.78 is 0. The molecular formula is C10H22N2O2. The van der Waals surface area contributed by atoms with Crippen LogP contribution in [0.5, 0.6) is 0 Å². The molecule has 0 saturated heterocycles. The lowest BCUT2D eigenvalue weighted by atomic mass is 10.0. The second-order valence-electron chi connectivity index (χ2n) is 4.70. The standard InChI is InChI=1S/C10H22N2O2/c1-7(2)8(11)5-9(14)12-10(3,4)6-13/h7-8,13H,5-6,11H2,1-4H3,(H,12,14). The number of aliphatic hydroxyl groups excluding tert-OH is 1. The van der Waals surface area contributed by atoms with Crippen molar-refractivity contribution in [1.82, 2.24) is 5.32 Å². The Balaban J connectivity index is 3.99. The predicted octanol–water partition coefficient (Wildman–Crippen LogP) is 0.247. The lowest BCUT2D eigenvalue weighted by Gasteiger charge is -2.25. The van der Waals surface area contributed by atoms with E-state index in [1.165, 1.54) is 0 Å². The zero-order valence-electron chi connectivity index (χ0n) is 9.50. The molecule has 1 atom stereocenters. The SMILES string of the molecule is CC(C)C(N)CC(=O)NC(C)(C)CO. The van der Waals surface area contributed by atoms with Crippen molar-refractivity contribution in [2.75, 3.05) is 6.61 Å². The first-order chi connectivity index (χ1) is 6.28. The van der Waals surface area contributed by atoms with Gasteiger partial charge in [-0.05, 0) is 19.8 Å². The highest BCUT2D eigenvalue weighted by molar-refractivity contribution is 5.77. The van der Waals surface area contributed by atoms with Crippen LogP contribution in [0.3, 0.4) is 0 Å². The van der Waals surface area contributed by atoms with Crippen molar-refractivity contribution in [2.24, 2.45) is 11.7 Å². The quantitative estimate of drug-likeness (QED) is 0.598. The van der Waals surface area contributed by atoms with Gasteiger partial charge < -0.3 is 16.2 Å². The van der Waals surface area contributed by atoms with Crippen LogP contribution in [0.25, 0.3) is 0 Å². The highest BCUT2D eigenvalue weighted by Crippen LogP contribution is 2.05. The Hall–Kier alpha value is -0.610. The maximum absolute atomic E-state index is 11.4. The van der Waals surface area contributed by atoms with Crippen LogP contribution < -0.4 is 11.1 Å². The van der Waals surface area contributed by atoms with E-state index in [1.807, 2.05) is 13.8 Å². The minimum atomic E-state index is -0.562. The van der Waals surface area contributed by atoms with Crippen LogP contribution in [0.4, 0.5) is 0 Å². The number of nitrogens with two attached hydrogens (primary N) is 1. The van der Waals surface area contributed by atoms with Gasteiger partial charge in [-0.3, -0.25) is 4.79 Å². The molecule has 0 fully saturated rings. The number of amides is 1. The predicted molar refractivity (Wildman–Crippen MR) is 56.7 cm³/mol. The van der Waals surface area contributed by atoms with Crippen molar-refractivity contribution in [2.45, 2.75) is 45.7 Å². The number of hydrogen-bond acceptors (Lipinski definition) is 3. The molecule has 0 spiro atoms. The summed E-state index contributed by atoms with van der Waals surface area (Å²) in [5.74, 6) is 0.184. The molecule has 0 aromatic rings. The van der Waals surface area contributed by atoms with Gasteiger partial charge in [0.05, 0.1) is 12.1 Å². The molecule has 0 bridgehead atoms. The number of nitrogens with one attached hydrogen (secondary N) is 1. The lowest BCUT2D eigenvalue weighted by molar-refractivity contribution is -0.123. The van der Waals surface area contributed by atoms with Crippen LogP contribution in [0.15, 0.2) is 0 Å². The van der Waals surface area contributed by atoms with E-state index in [4.69, 9.17) is 10.8 Å². The Morgan fingerprint density at radius 2 is 2.00 bits per heavy atom. The molecule has 14 heavy (non-hydrogen) atoms. The van der Waals surface area contributed by atoms with Gasteiger partial charge in [0.2, 0.25) is 5.91 Å². The second kappa shape index (κ2) is 5.32. The van der Waals surface area contributed by atoms with E-state index >= 15 is 0 Å². The van der Waals surface area contributed by atoms with Crippen LogP contribution >= 0.6 is 0 Å². The van der Waals surface area contributed by atoms with Gasteiger partial charge in [-0.25, -0.2) is 0 Å². The summed E-state index contributed by atoms with van der Waals surface area (Å²) in [5.41, 5.74) is 5.19. The van der Waals surface area contributed by atoms with Crippen LogP contribution in [0, 0.1) is 5.92 Å². The van der Waals surface area contributed by atoms with E-state index in [1.54, 1.807) is 13.8 Å². The molecular weight excluding hydrogens is 180 g/mol. The van der Waals surface area contributed by atoms with Gasteiger partial charge >= 0.3 is 0 Å². The number of carbonyl (C=O) groups excluding carboxylic acids is 1. The summed E-state index contributed by atoms with van der Waals surface area (Å²) in [7, 11) is 0.